The van der Waals surface area contributed by atoms with Gasteiger partial charge in [0.1, 0.15) is 5.69 Å². The van der Waals surface area contributed by atoms with Crippen LogP contribution in [0.5, 0.6) is 0 Å². The summed E-state index contributed by atoms with van der Waals surface area (Å²) < 4.78 is 1.42. The van der Waals surface area contributed by atoms with Gasteiger partial charge in [-0.15, -0.1) is 0 Å². The molecule has 0 atom stereocenters. The number of carbonyl (C=O) groups is 1. The number of nitrogens with one attached hydrogen (secondary N) is 1. The Morgan fingerprint density at radius 2 is 2.46 bits per heavy atom. The molecule has 0 aliphatic carbocycles. The van der Waals surface area contributed by atoms with Gasteiger partial charge in [-0.3, -0.25) is 0 Å². The molecule has 0 spiro atoms. The van der Waals surface area contributed by atoms with Gasteiger partial charge in [-0.05, 0) is 6.92 Å². The Hall–Kier alpha value is -1.98. The topological polar surface area (TPSA) is 96.4 Å². The van der Waals surface area contributed by atoms with E-state index in [0.717, 1.165) is 5.69 Å². The van der Waals surface area contributed by atoms with Gasteiger partial charge >= 0.3 is 5.97 Å². The molecule has 0 aliphatic rings. The normalized spacial score (nSPS) is 10.8. The van der Waals surface area contributed by atoms with Crippen molar-refractivity contribution in [2.45, 2.75) is 6.92 Å². The van der Waals surface area contributed by atoms with E-state index in [2.05, 4.69) is 10.1 Å². The molecule has 0 amide bonds. The number of rotatable bonds is 1. The zero-order valence-corrected chi connectivity index (χ0v) is 6.90. The van der Waals surface area contributed by atoms with Gasteiger partial charge in [0.25, 0.3) is 0 Å². The molecule has 13 heavy (non-hydrogen) atoms. The van der Waals surface area contributed by atoms with Gasteiger partial charge in [0.05, 0.1) is 0 Å². The van der Waals surface area contributed by atoms with E-state index < -0.39 is 5.97 Å². The van der Waals surface area contributed by atoms with Crippen LogP contribution in [0, 0.1) is 6.92 Å². The van der Waals surface area contributed by atoms with Crippen molar-refractivity contribution in [3.8, 4) is 0 Å². The van der Waals surface area contributed by atoms with Crippen molar-refractivity contribution in [2.75, 3.05) is 5.73 Å². The predicted octanol–water partition coefficient (Wildman–Crippen LogP) is 0.251. The Kier molecular flexibility index (Phi) is 1.33. The molecular formula is C7H8N4O2. The van der Waals surface area contributed by atoms with Crippen LogP contribution in [0.15, 0.2) is 6.20 Å². The number of anilines is 1. The number of carboxylic acids is 1. The molecule has 6 nitrogen and oxygen atoms in total. The van der Waals surface area contributed by atoms with Crippen molar-refractivity contribution in [3.63, 3.8) is 0 Å². The second-order valence-electron chi connectivity index (χ2n) is 2.80. The Labute approximate surface area is 73.0 Å². The molecule has 68 valence electrons. The van der Waals surface area contributed by atoms with Crippen molar-refractivity contribution in [3.05, 3.63) is 17.6 Å². The summed E-state index contributed by atoms with van der Waals surface area (Å²) in [5.74, 6) is -1.12. The van der Waals surface area contributed by atoms with E-state index in [0.29, 0.717) is 5.65 Å². The van der Waals surface area contributed by atoms with Crippen LogP contribution in [-0.2, 0) is 0 Å². The number of aromatic amines is 1. The highest BCUT2D eigenvalue weighted by Crippen LogP contribution is 2.17. The number of H-pyrrole nitrogens is 1. The monoisotopic (exact) mass is 180 g/mol. The lowest BCUT2D eigenvalue weighted by molar-refractivity contribution is 0.0691. The van der Waals surface area contributed by atoms with Crippen LogP contribution in [0.4, 0.5) is 5.69 Å². The summed E-state index contributed by atoms with van der Waals surface area (Å²) in [6.07, 6.45) is 1.68. The van der Waals surface area contributed by atoms with E-state index in [1.165, 1.54) is 4.52 Å². The summed E-state index contributed by atoms with van der Waals surface area (Å²) in [5.41, 5.74) is 7.01. The second kappa shape index (κ2) is 2.25. The maximum atomic E-state index is 10.6. The van der Waals surface area contributed by atoms with E-state index in [9.17, 15) is 4.79 Å². The van der Waals surface area contributed by atoms with Crippen LogP contribution in [0.1, 0.15) is 16.2 Å². The number of aryl methyl sites for hydroxylation is 1. The first-order valence-electron chi connectivity index (χ1n) is 3.66. The number of aromatic nitrogens is 3. The first-order valence-corrected chi connectivity index (χ1v) is 3.66. The third kappa shape index (κ3) is 0.952. The molecule has 6 heteroatoms. The number of fused-ring (bicyclic) bond motifs is 1. The molecule has 0 unspecified atom stereocenters. The van der Waals surface area contributed by atoms with Crippen LogP contribution in [0.2, 0.25) is 0 Å². The summed E-state index contributed by atoms with van der Waals surface area (Å²) in [5, 5.41) is 12.5. The summed E-state index contributed by atoms with van der Waals surface area (Å²) in [7, 11) is 0. The number of nitrogen functional groups attached to an aromatic ring is 1. The number of aromatic carboxylic acids is 1. The van der Waals surface area contributed by atoms with Gasteiger partial charge < -0.3 is 15.8 Å². The Bertz CT molecular complexity index is 482. The Morgan fingerprint density at radius 3 is 3.00 bits per heavy atom. The van der Waals surface area contributed by atoms with Gasteiger partial charge in [-0.25, -0.2) is 9.31 Å². The highest BCUT2D eigenvalue weighted by molar-refractivity contribution is 5.95. The number of hydrogen-bond acceptors (Lipinski definition) is 3. The molecule has 2 rings (SSSR count). The minimum Gasteiger partial charge on any atom is -0.476 e. The molecule has 4 N–H and O–H groups in total. The van der Waals surface area contributed by atoms with E-state index in [1.54, 1.807) is 6.20 Å². The van der Waals surface area contributed by atoms with Crippen LogP contribution < -0.4 is 5.73 Å². The zero-order chi connectivity index (χ0) is 9.59. The van der Waals surface area contributed by atoms with Crippen molar-refractivity contribution < 1.29 is 9.90 Å². The van der Waals surface area contributed by atoms with Gasteiger partial charge in [0, 0.05) is 11.9 Å². The quantitative estimate of drug-likeness (QED) is 0.586. The number of carboxylic acid groups (broad SMARTS) is 1. The van der Waals surface area contributed by atoms with E-state index >= 15 is 0 Å². The fourth-order valence-corrected chi connectivity index (χ4v) is 1.23. The maximum absolute atomic E-state index is 10.6. The van der Waals surface area contributed by atoms with E-state index in [4.69, 9.17) is 10.8 Å². The maximum Gasteiger partial charge on any atom is 0.358 e. The Morgan fingerprint density at radius 1 is 1.77 bits per heavy atom. The average Bonchev–Trinajstić information content (AvgIpc) is 2.51. The molecular weight excluding hydrogens is 172 g/mol. The minimum atomic E-state index is -1.12. The van der Waals surface area contributed by atoms with Crippen molar-refractivity contribution in [1.29, 1.82) is 0 Å². The lowest BCUT2D eigenvalue weighted by Gasteiger charge is -1.87. The smallest absolute Gasteiger partial charge is 0.358 e. The number of nitrogens with zero attached hydrogens (tertiary/aromatic N) is 2. The third-order valence-electron chi connectivity index (χ3n) is 1.78. The average molecular weight is 180 g/mol. The summed E-state index contributed by atoms with van der Waals surface area (Å²) >= 11 is 0. The zero-order valence-electron chi connectivity index (χ0n) is 6.90. The molecule has 2 heterocycles. The molecule has 0 aromatic carbocycles. The van der Waals surface area contributed by atoms with Crippen LogP contribution >= 0.6 is 0 Å². The number of hydrogen-bond donors (Lipinski definition) is 3. The first-order chi connectivity index (χ1) is 6.09. The highest BCUT2D eigenvalue weighted by Gasteiger charge is 2.16. The van der Waals surface area contributed by atoms with Gasteiger partial charge in [0.15, 0.2) is 11.3 Å². The van der Waals surface area contributed by atoms with E-state index in [1.807, 2.05) is 6.92 Å². The molecule has 0 bridgehead atoms. The van der Waals surface area contributed by atoms with Crippen molar-refractivity contribution in [1.82, 2.24) is 14.6 Å². The summed E-state index contributed by atoms with van der Waals surface area (Å²) in [6.45, 7) is 1.84. The van der Waals surface area contributed by atoms with Crippen molar-refractivity contribution in [2.24, 2.45) is 0 Å². The lowest BCUT2D eigenvalue weighted by atomic mass is 10.4. The van der Waals surface area contributed by atoms with Crippen LogP contribution in [-0.4, -0.2) is 25.7 Å². The molecule has 0 aliphatic heterocycles. The lowest BCUT2D eigenvalue weighted by Crippen LogP contribution is -2.01. The SMILES string of the molecule is Cc1cn2nc(C(=O)O)c(N)c2[nH]1. The molecule has 0 saturated heterocycles. The molecule has 0 saturated carbocycles. The molecule has 2 aromatic rings. The van der Waals surface area contributed by atoms with Gasteiger partial charge in [-0.2, -0.15) is 5.10 Å². The number of imidazole rings is 1. The third-order valence-corrected chi connectivity index (χ3v) is 1.78. The number of nitrogens with two attached hydrogens (primary N) is 1. The van der Waals surface area contributed by atoms with Crippen molar-refractivity contribution >= 4 is 17.3 Å². The fourth-order valence-electron chi connectivity index (χ4n) is 1.23. The molecule has 0 fully saturated rings. The minimum absolute atomic E-state index is 0.119. The predicted molar refractivity (Wildman–Crippen MR) is 45.7 cm³/mol. The Balaban J connectivity index is 2.76. The first kappa shape index (κ1) is 7.66. The molecule has 0 radical (unpaired) electrons. The van der Waals surface area contributed by atoms with Crippen LogP contribution in [0.3, 0.4) is 0 Å². The van der Waals surface area contributed by atoms with E-state index in [-0.39, 0.29) is 11.4 Å². The standard InChI is InChI=1S/C7H8N4O2/c1-3-2-11-6(9-3)4(8)5(10-11)7(12)13/h2,9H,8H2,1H3,(H,12,13). The van der Waals surface area contributed by atoms with Gasteiger partial charge in [0.2, 0.25) is 0 Å². The summed E-state index contributed by atoms with van der Waals surface area (Å²) in [6, 6.07) is 0. The van der Waals surface area contributed by atoms with Crippen LogP contribution in [0.25, 0.3) is 5.65 Å². The molecule has 2 aromatic heterocycles. The second-order valence-corrected chi connectivity index (χ2v) is 2.80. The largest absolute Gasteiger partial charge is 0.476 e. The highest BCUT2D eigenvalue weighted by atomic mass is 16.4. The summed E-state index contributed by atoms with van der Waals surface area (Å²) in [4.78, 5) is 13.5. The fraction of sp³-hybridized carbons (Fsp3) is 0.143. The van der Waals surface area contributed by atoms with Gasteiger partial charge in [-0.1, -0.05) is 0 Å².